The first-order chi connectivity index (χ1) is 8.67. The van der Waals surface area contributed by atoms with Crippen LogP contribution in [-0.2, 0) is 0 Å². The maximum atomic E-state index is 12.5. The SMILES string of the molecule is CCC1CN(C(=O)c2occc2C)C(CC)CN1. The number of furan rings is 1. The lowest BCUT2D eigenvalue weighted by Crippen LogP contribution is -2.57. The average molecular weight is 250 g/mol. The van der Waals surface area contributed by atoms with Crippen molar-refractivity contribution >= 4 is 5.91 Å². The predicted molar refractivity (Wildman–Crippen MR) is 70.6 cm³/mol. The summed E-state index contributed by atoms with van der Waals surface area (Å²) in [6.07, 6.45) is 3.59. The molecule has 0 bridgehead atoms. The van der Waals surface area contributed by atoms with E-state index >= 15 is 0 Å². The fourth-order valence-electron chi connectivity index (χ4n) is 2.47. The van der Waals surface area contributed by atoms with E-state index in [2.05, 4.69) is 19.2 Å². The highest BCUT2D eigenvalue weighted by Gasteiger charge is 2.31. The molecule has 2 unspecified atom stereocenters. The lowest BCUT2D eigenvalue weighted by atomic mass is 10.0. The third-order valence-electron chi connectivity index (χ3n) is 3.78. The molecule has 1 aliphatic heterocycles. The van der Waals surface area contributed by atoms with E-state index in [1.165, 1.54) is 0 Å². The Balaban J connectivity index is 2.17. The van der Waals surface area contributed by atoms with Gasteiger partial charge in [0, 0.05) is 30.7 Å². The zero-order valence-corrected chi connectivity index (χ0v) is 11.4. The molecule has 0 aromatic carbocycles. The van der Waals surface area contributed by atoms with Gasteiger partial charge in [-0.2, -0.15) is 0 Å². The molecule has 2 atom stereocenters. The molecule has 1 aromatic heterocycles. The highest BCUT2D eigenvalue weighted by Crippen LogP contribution is 2.18. The third-order valence-corrected chi connectivity index (χ3v) is 3.78. The fraction of sp³-hybridized carbons (Fsp3) is 0.643. The van der Waals surface area contributed by atoms with E-state index in [0.717, 1.165) is 31.5 Å². The molecule has 1 aliphatic rings. The second-order valence-corrected chi connectivity index (χ2v) is 4.97. The van der Waals surface area contributed by atoms with Crippen LogP contribution in [0.15, 0.2) is 16.7 Å². The Bertz CT molecular complexity index is 414. The van der Waals surface area contributed by atoms with Gasteiger partial charge in [-0.1, -0.05) is 13.8 Å². The van der Waals surface area contributed by atoms with Gasteiger partial charge in [-0.3, -0.25) is 4.79 Å². The summed E-state index contributed by atoms with van der Waals surface area (Å²) in [5.74, 6) is 0.523. The molecule has 1 aromatic rings. The van der Waals surface area contributed by atoms with Gasteiger partial charge < -0.3 is 14.6 Å². The first kappa shape index (κ1) is 13.1. The Labute approximate surface area is 108 Å². The van der Waals surface area contributed by atoms with Crippen LogP contribution in [0, 0.1) is 6.92 Å². The molecule has 18 heavy (non-hydrogen) atoms. The molecule has 4 heteroatoms. The summed E-state index contributed by atoms with van der Waals surface area (Å²) in [7, 11) is 0. The number of nitrogens with zero attached hydrogens (tertiary/aromatic N) is 1. The minimum Gasteiger partial charge on any atom is -0.459 e. The lowest BCUT2D eigenvalue weighted by molar-refractivity contribution is 0.0543. The number of hydrogen-bond acceptors (Lipinski definition) is 3. The number of amides is 1. The Morgan fingerprint density at radius 3 is 2.83 bits per heavy atom. The summed E-state index contributed by atoms with van der Waals surface area (Å²) in [6.45, 7) is 7.82. The van der Waals surface area contributed by atoms with Crippen LogP contribution in [0.1, 0.15) is 42.8 Å². The minimum absolute atomic E-state index is 0.0318. The maximum Gasteiger partial charge on any atom is 0.290 e. The summed E-state index contributed by atoms with van der Waals surface area (Å²) in [6, 6.07) is 2.50. The number of aryl methyl sites for hydroxylation is 1. The van der Waals surface area contributed by atoms with Crippen molar-refractivity contribution in [3.05, 3.63) is 23.7 Å². The van der Waals surface area contributed by atoms with E-state index in [1.54, 1.807) is 6.26 Å². The van der Waals surface area contributed by atoms with Crippen LogP contribution < -0.4 is 5.32 Å². The smallest absolute Gasteiger partial charge is 0.290 e. The van der Waals surface area contributed by atoms with Crippen LogP contribution >= 0.6 is 0 Å². The van der Waals surface area contributed by atoms with E-state index in [-0.39, 0.29) is 11.9 Å². The van der Waals surface area contributed by atoms with Crippen molar-refractivity contribution in [3.8, 4) is 0 Å². The fourth-order valence-corrected chi connectivity index (χ4v) is 2.47. The van der Waals surface area contributed by atoms with Crippen molar-refractivity contribution in [3.63, 3.8) is 0 Å². The van der Waals surface area contributed by atoms with Gasteiger partial charge in [-0.05, 0) is 25.8 Å². The van der Waals surface area contributed by atoms with Crippen molar-refractivity contribution in [1.82, 2.24) is 10.2 Å². The summed E-state index contributed by atoms with van der Waals surface area (Å²) >= 11 is 0. The highest BCUT2D eigenvalue weighted by atomic mass is 16.3. The standard InChI is InChI=1S/C14H22N2O2/c1-4-11-9-16(12(5-2)8-15-11)14(17)13-10(3)6-7-18-13/h6-7,11-12,15H,4-5,8-9H2,1-3H3. The first-order valence-corrected chi connectivity index (χ1v) is 6.75. The van der Waals surface area contributed by atoms with E-state index in [0.29, 0.717) is 11.8 Å². The second-order valence-electron chi connectivity index (χ2n) is 4.97. The topological polar surface area (TPSA) is 45.5 Å². The average Bonchev–Trinajstić information content (AvgIpc) is 2.83. The summed E-state index contributed by atoms with van der Waals surface area (Å²) in [5, 5.41) is 3.49. The van der Waals surface area contributed by atoms with Crippen molar-refractivity contribution in [2.75, 3.05) is 13.1 Å². The quantitative estimate of drug-likeness (QED) is 0.894. The van der Waals surface area contributed by atoms with Gasteiger partial charge >= 0.3 is 0 Å². The van der Waals surface area contributed by atoms with E-state index in [9.17, 15) is 4.79 Å². The van der Waals surface area contributed by atoms with Crippen molar-refractivity contribution in [2.24, 2.45) is 0 Å². The molecule has 100 valence electrons. The molecule has 0 aliphatic carbocycles. The Morgan fingerprint density at radius 2 is 2.28 bits per heavy atom. The molecule has 2 rings (SSSR count). The molecule has 0 radical (unpaired) electrons. The molecule has 1 fully saturated rings. The first-order valence-electron chi connectivity index (χ1n) is 6.75. The molecule has 2 heterocycles. The number of nitrogens with one attached hydrogen (secondary N) is 1. The van der Waals surface area contributed by atoms with Crippen LogP contribution in [0.2, 0.25) is 0 Å². The molecular weight excluding hydrogens is 228 g/mol. The summed E-state index contributed by atoms with van der Waals surface area (Å²) in [4.78, 5) is 14.5. The molecule has 1 amide bonds. The Kier molecular flexibility index (Phi) is 4.07. The molecular formula is C14H22N2O2. The normalized spacial score (nSPS) is 24.3. The van der Waals surface area contributed by atoms with Crippen LogP contribution in [0.3, 0.4) is 0 Å². The van der Waals surface area contributed by atoms with Gasteiger partial charge in [0.05, 0.1) is 6.26 Å². The number of piperazine rings is 1. The van der Waals surface area contributed by atoms with Gasteiger partial charge in [-0.15, -0.1) is 0 Å². The molecule has 1 saturated heterocycles. The van der Waals surface area contributed by atoms with Crippen LogP contribution in [0.5, 0.6) is 0 Å². The van der Waals surface area contributed by atoms with Crippen molar-refractivity contribution in [1.29, 1.82) is 0 Å². The van der Waals surface area contributed by atoms with E-state index < -0.39 is 0 Å². The van der Waals surface area contributed by atoms with E-state index in [1.807, 2.05) is 17.9 Å². The minimum atomic E-state index is 0.0318. The predicted octanol–water partition coefficient (Wildman–Crippen LogP) is 2.19. The monoisotopic (exact) mass is 250 g/mol. The summed E-state index contributed by atoms with van der Waals surface area (Å²) < 4.78 is 5.33. The van der Waals surface area contributed by atoms with Gasteiger partial charge in [-0.25, -0.2) is 0 Å². The number of carbonyl (C=O) groups excluding carboxylic acids is 1. The number of carbonyl (C=O) groups is 1. The number of hydrogen-bond donors (Lipinski definition) is 1. The summed E-state index contributed by atoms with van der Waals surface area (Å²) in [5.41, 5.74) is 0.918. The van der Waals surface area contributed by atoms with Crippen molar-refractivity contribution < 1.29 is 9.21 Å². The van der Waals surface area contributed by atoms with Crippen LogP contribution in [0.4, 0.5) is 0 Å². The lowest BCUT2D eigenvalue weighted by Gasteiger charge is -2.39. The molecule has 0 spiro atoms. The third kappa shape index (κ3) is 2.43. The Morgan fingerprint density at radius 1 is 1.50 bits per heavy atom. The van der Waals surface area contributed by atoms with Gasteiger partial charge in [0.2, 0.25) is 0 Å². The Hall–Kier alpha value is -1.29. The van der Waals surface area contributed by atoms with Crippen molar-refractivity contribution in [2.45, 2.75) is 45.7 Å². The van der Waals surface area contributed by atoms with Gasteiger partial charge in [0.25, 0.3) is 5.91 Å². The molecule has 1 N–H and O–H groups in total. The highest BCUT2D eigenvalue weighted by molar-refractivity contribution is 5.93. The zero-order valence-electron chi connectivity index (χ0n) is 11.4. The number of rotatable bonds is 3. The van der Waals surface area contributed by atoms with Gasteiger partial charge in [0.1, 0.15) is 0 Å². The zero-order chi connectivity index (χ0) is 13.1. The van der Waals surface area contributed by atoms with Gasteiger partial charge in [0.15, 0.2) is 5.76 Å². The van der Waals surface area contributed by atoms with Crippen LogP contribution in [0.25, 0.3) is 0 Å². The van der Waals surface area contributed by atoms with E-state index in [4.69, 9.17) is 4.42 Å². The maximum absolute atomic E-state index is 12.5. The van der Waals surface area contributed by atoms with Crippen LogP contribution in [-0.4, -0.2) is 36.0 Å². The molecule has 4 nitrogen and oxygen atoms in total. The second kappa shape index (κ2) is 5.57. The molecule has 0 saturated carbocycles. The largest absolute Gasteiger partial charge is 0.459 e.